The van der Waals surface area contributed by atoms with Crippen molar-refractivity contribution in [2.45, 2.75) is 16.6 Å². The third kappa shape index (κ3) is 2.82. The molecule has 0 saturated carbocycles. The summed E-state index contributed by atoms with van der Waals surface area (Å²) in [5.41, 5.74) is 0.266. The van der Waals surface area contributed by atoms with Crippen molar-refractivity contribution in [3.8, 4) is 0 Å². The highest BCUT2D eigenvalue weighted by Gasteiger charge is 2.53. The number of esters is 2. The van der Waals surface area contributed by atoms with Gasteiger partial charge in [0.25, 0.3) is 0 Å². The first-order valence-electron chi connectivity index (χ1n) is 5.96. The molecule has 1 aromatic rings. The van der Waals surface area contributed by atoms with Gasteiger partial charge in [-0.2, -0.15) is 0 Å². The lowest BCUT2D eigenvalue weighted by molar-refractivity contribution is -0.168. The number of pyridine rings is 1. The summed E-state index contributed by atoms with van der Waals surface area (Å²) in [5, 5.41) is 0. The Labute approximate surface area is 136 Å². The first-order chi connectivity index (χ1) is 9.74. The number of hydrogen-bond acceptors (Lipinski definition) is 5. The van der Waals surface area contributed by atoms with Gasteiger partial charge in [-0.25, -0.2) is 0 Å². The minimum atomic E-state index is -1.67. The minimum Gasteiger partial charge on any atom is -0.468 e. The summed E-state index contributed by atoms with van der Waals surface area (Å²) in [4.78, 5) is 28.2. The van der Waals surface area contributed by atoms with Gasteiger partial charge in [0, 0.05) is 12.6 Å². The molecule has 8 heteroatoms. The number of fused-ring (bicyclic) bond motifs is 1. The molecule has 114 valence electrons. The lowest BCUT2D eigenvalue weighted by atomic mass is 9.85. The van der Waals surface area contributed by atoms with Crippen molar-refractivity contribution < 1.29 is 19.1 Å². The average Bonchev–Trinajstić information content (AvgIpc) is 2.84. The summed E-state index contributed by atoms with van der Waals surface area (Å²) in [5.74, 6) is -1.30. The number of hydrogen-bond donors (Lipinski definition) is 0. The fourth-order valence-electron chi connectivity index (χ4n) is 2.48. The van der Waals surface area contributed by atoms with E-state index in [0.29, 0.717) is 5.56 Å². The Morgan fingerprint density at radius 2 is 1.67 bits per heavy atom. The summed E-state index contributed by atoms with van der Waals surface area (Å²) in [6, 6.07) is 1.58. The van der Waals surface area contributed by atoms with Gasteiger partial charge in [0.1, 0.15) is 0 Å². The van der Waals surface area contributed by atoms with Gasteiger partial charge in [0.15, 0.2) is 5.41 Å². The lowest BCUT2D eigenvalue weighted by Crippen LogP contribution is -2.42. The molecule has 0 bridgehead atoms. The smallest absolute Gasteiger partial charge is 0.323 e. The topological polar surface area (TPSA) is 65.5 Å². The van der Waals surface area contributed by atoms with Crippen molar-refractivity contribution >= 4 is 46.7 Å². The van der Waals surface area contributed by atoms with Gasteiger partial charge in [0.05, 0.1) is 19.9 Å². The molecule has 1 aliphatic rings. The molecule has 0 aliphatic heterocycles. The molecule has 0 aromatic carbocycles. The van der Waals surface area contributed by atoms with Crippen LogP contribution in [-0.4, -0.2) is 31.1 Å². The van der Waals surface area contributed by atoms with E-state index in [1.54, 1.807) is 6.07 Å². The monoisotopic (exact) mass is 351 g/mol. The van der Waals surface area contributed by atoms with Crippen LogP contribution in [0.5, 0.6) is 0 Å². The van der Waals surface area contributed by atoms with E-state index in [4.69, 9.17) is 44.3 Å². The Balaban J connectivity index is 2.44. The number of halogens is 3. The van der Waals surface area contributed by atoms with Crippen LogP contribution in [0.1, 0.15) is 16.8 Å². The Hall–Kier alpha value is -1.04. The molecule has 0 spiro atoms. The molecule has 0 N–H and O–H groups in total. The first kappa shape index (κ1) is 16.3. The maximum atomic E-state index is 12.1. The SMILES string of the molecule is COC(=O)C1(C(=O)OC)Cc2cnc(C(Cl)(Cl)Cl)cc2C1. The molecule has 0 atom stereocenters. The molecule has 0 radical (unpaired) electrons. The summed E-state index contributed by atoms with van der Waals surface area (Å²) < 4.78 is 7.83. The van der Waals surface area contributed by atoms with Crippen molar-refractivity contribution in [2.75, 3.05) is 14.2 Å². The number of nitrogens with zero attached hydrogens (tertiary/aromatic N) is 1. The summed E-state index contributed by atoms with van der Waals surface area (Å²) in [6.45, 7) is 0. The maximum absolute atomic E-state index is 12.1. The predicted octanol–water partition coefficient (Wildman–Crippen LogP) is 2.34. The van der Waals surface area contributed by atoms with Crippen LogP contribution in [-0.2, 0) is 35.7 Å². The third-order valence-electron chi connectivity index (χ3n) is 3.51. The molecule has 2 rings (SSSR count). The maximum Gasteiger partial charge on any atom is 0.323 e. The van der Waals surface area contributed by atoms with E-state index < -0.39 is 21.1 Å². The third-order valence-corrected chi connectivity index (χ3v) is 4.09. The first-order valence-corrected chi connectivity index (χ1v) is 7.10. The van der Waals surface area contributed by atoms with Crippen LogP contribution in [0.3, 0.4) is 0 Å². The van der Waals surface area contributed by atoms with Crippen molar-refractivity contribution in [1.29, 1.82) is 0 Å². The van der Waals surface area contributed by atoms with E-state index >= 15 is 0 Å². The van der Waals surface area contributed by atoms with Gasteiger partial charge >= 0.3 is 11.9 Å². The number of alkyl halides is 3. The molecule has 1 heterocycles. The van der Waals surface area contributed by atoms with Crippen molar-refractivity contribution in [1.82, 2.24) is 4.98 Å². The molecule has 1 aliphatic carbocycles. The fraction of sp³-hybridized carbons (Fsp3) is 0.462. The van der Waals surface area contributed by atoms with Gasteiger partial charge in [-0.05, 0) is 23.6 Å². The second-order valence-corrected chi connectivity index (χ2v) is 7.04. The number of aromatic nitrogens is 1. The summed E-state index contributed by atoms with van der Waals surface area (Å²) in [6.07, 6.45) is 1.77. The fourth-order valence-corrected chi connectivity index (χ4v) is 2.79. The minimum absolute atomic E-state index is 0.123. The number of rotatable bonds is 2. The zero-order valence-electron chi connectivity index (χ0n) is 11.3. The molecule has 21 heavy (non-hydrogen) atoms. The Kier molecular flexibility index (Phi) is 4.38. The van der Waals surface area contributed by atoms with Crippen LogP contribution in [0.15, 0.2) is 12.3 Å². The van der Waals surface area contributed by atoms with E-state index in [1.807, 2.05) is 0 Å². The highest BCUT2D eigenvalue weighted by atomic mass is 35.6. The van der Waals surface area contributed by atoms with Crippen LogP contribution in [0.2, 0.25) is 0 Å². The molecule has 0 unspecified atom stereocenters. The van der Waals surface area contributed by atoms with E-state index in [-0.39, 0.29) is 18.5 Å². The van der Waals surface area contributed by atoms with Crippen molar-refractivity contribution in [2.24, 2.45) is 5.41 Å². The Bertz CT molecular complexity index is 582. The van der Waals surface area contributed by atoms with Crippen molar-refractivity contribution in [3.63, 3.8) is 0 Å². The van der Waals surface area contributed by atoms with E-state index in [1.165, 1.54) is 20.4 Å². The van der Waals surface area contributed by atoms with Crippen LogP contribution in [0, 0.1) is 5.41 Å². The quantitative estimate of drug-likeness (QED) is 0.464. The molecule has 5 nitrogen and oxygen atoms in total. The van der Waals surface area contributed by atoms with Crippen LogP contribution in [0.25, 0.3) is 0 Å². The largest absolute Gasteiger partial charge is 0.468 e. The predicted molar refractivity (Wildman–Crippen MR) is 77.3 cm³/mol. The Morgan fingerprint density at radius 3 is 2.14 bits per heavy atom. The van der Waals surface area contributed by atoms with Gasteiger partial charge in [-0.1, -0.05) is 34.8 Å². The molecule has 1 aromatic heterocycles. The number of carbonyl (C=O) groups excluding carboxylic acids is 2. The summed E-state index contributed by atoms with van der Waals surface area (Å²) in [7, 11) is 2.45. The zero-order valence-corrected chi connectivity index (χ0v) is 13.6. The second kappa shape index (κ2) is 5.63. The molecule has 0 saturated heterocycles. The van der Waals surface area contributed by atoms with E-state index in [9.17, 15) is 9.59 Å². The summed E-state index contributed by atoms with van der Waals surface area (Å²) >= 11 is 17.4. The van der Waals surface area contributed by atoms with Gasteiger partial charge < -0.3 is 9.47 Å². The molecule has 0 amide bonds. The molecular weight excluding hydrogens is 341 g/mol. The Morgan fingerprint density at radius 1 is 1.14 bits per heavy atom. The molecular formula is C13H12Cl3NO4. The van der Waals surface area contributed by atoms with E-state index in [0.717, 1.165) is 5.56 Å². The van der Waals surface area contributed by atoms with Crippen molar-refractivity contribution in [3.05, 3.63) is 29.1 Å². The van der Waals surface area contributed by atoms with Gasteiger partial charge in [-0.15, -0.1) is 0 Å². The van der Waals surface area contributed by atoms with E-state index in [2.05, 4.69) is 4.98 Å². The van der Waals surface area contributed by atoms with Crippen LogP contribution < -0.4 is 0 Å². The standard InChI is InChI=1S/C13H12Cl3NO4/c1-20-10(18)12(11(19)21-2)4-7-3-9(13(14,15)16)17-6-8(7)5-12/h3,6H,4-5H2,1-2H3. The van der Waals surface area contributed by atoms with Gasteiger partial charge in [0.2, 0.25) is 3.79 Å². The molecule has 0 fully saturated rings. The van der Waals surface area contributed by atoms with Crippen LogP contribution >= 0.6 is 34.8 Å². The number of methoxy groups -OCH3 is 2. The average molecular weight is 353 g/mol. The highest BCUT2D eigenvalue weighted by Crippen LogP contribution is 2.42. The number of ether oxygens (including phenoxy) is 2. The normalized spacial score (nSPS) is 16.2. The number of carbonyl (C=O) groups is 2. The highest BCUT2D eigenvalue weighted by molar-refractivity contribution is 6.66. The van der Waals surface area contributed by atoms with Crippen LogP contribution in [0.4, 0.5) is 0 Å². The lowest BCUT2D eigenvalue weighted by Gasteiger charge is -2.22. The second-order valence-electron chi connectivity index (χ2n) is 4.75. The zero-order chi connectivity index (χ0) is 15.8. The van der Waals surface area contributed by atoms with Gasteiger partial charge in [-0.3, -0.25) is 14.6 Å².